The maximum Gasteiger partial charge on any atom is 0.115 e. The highest BCUT2D eigenvalue weighted by Crippen LogP contribution is 2.44. The number of phenolic OH excluding ortho intramolecular Hbond substituents is 1. The Kier molecular flexibility index (Phi) is 3.71. The van der Waals surface area contributed by atoms with Crippen LogP contribution in [-0.2, 0) is 15.9 Å². The summed E-state index contributed by atoms with van der Waals surface area (Å²) in [7, 11) is 0. The monoisotopic (exact) mass is 311 g/mol. The van der Waals surface area contributed by atoms with Crippen molar-refractivity contribution in [2.45, 2.75) is 31.6 Å². The summed E-state index contributed by atoms with van der Waals surface area (Å²) in [5.74, 6) is 0.268. The first kappa shape index (κ1) is 14.5. The number of aryl methyl sites for hydroxylation is 1. The fraction of sp³-hybridized carbons (Fsp3) is 0.368. The lowest BCUT2D eigenvalue weighted by Crippen LogP contribution is -2.43. The molecule has 23 heavy (non-hydrogen) atoms. The Labute approximate surface area is 136 Å². The zero-order chi connectivity index (χ0) is 15.8. The highest BCUT2D eigenvalue weighted by molar-refractivity contribution is 5.59. The van der Waals surface area contributed by atoms with Crippen molar-refractivity contribution in [3.8, 4) is 5.75 Å². The number of rotatable bonds is 2. The number of hydrogen-bond donors (Lipinski definition) is 2. The van der Waals surface area contributed by atoms with Gasteiger partial charge >= 0.3 is 0 Å². The lowest BCUT2D eigenvalue weighted by Gasteiger charge is -2.43. The van der Waals surface area contributed by atoms with E-state index in [1.165, 1.54) is 11.1 Å². The number of fused-ring (bicyclic) bond motifs is 3. The number of phenols is 1. The van der Waals surface area contributed by atoms with Crippen molar-refractivity contribution in [1.29, 1.82) is 0 Å². The van der Waals surface area contributed by atoms with Gasteiger partial charge < -0.3 is 19.9 Å². The minimum atomic E-state index is -0.0924. The van der Waals surface area contributed by atoms with Crippen LogP contribution in [0.2, 0.25) is 0 Å². The molecule has 120 valence electrons. The van der Waals surface area contributed by atoms with Crippen LogP contribution >= 0.6 is 0 Å². The van der Waals surface area contributed by atoms with Gasteiger partial charge in [0.2, 0.25) is 0 Å². The van der Waals surface area contributed by atoms with Gasteiger partial charge in [-0.25, -0.2) is 0 Å². The summed E-state index contributed by atoms with van der Waals surface area (Å²) < 4.78 is 12.1. The molecule has 0 amide bonds. The van der Waals surface area contributed by atoms with Crippen molar-refractivity contribution >= 4 is 5.69 Å². The van der Waals surface area contributed by atoms with E-state index in [0.717, 1.165) is 17.7 Å². The van der Waals surface area contributed by atoms with Crippen molar-refractivity contribution in [2.75, 3.05) is 18.5 Å². The Balaban J connectivity index is 1.77. The number of hydrogen-bond acceptors (Lipinski definition) is 4. The first-order chi connectivity index (χ1) is 11.3. The van der Waals surface area contributed by atoms with Crippen LogP contribution in [0.5, 0.6) is 5.75 Å². The zero-order valence-electron chi connectivity index (χ0n) is 13.2. The molecule has 1 saturated heterocycles. The van der Waals surface area contributed by atoms with E-state index in [1.54, 1.807) is 12.1 Å². The fourth-order valence-corrected chi connectivity index (χ4v) is 3.52. The van der Waals surface area contributed by atoms with E-state index in [2.05, 4.69) is 30.4 Å². The standard InChI is InChI=1S/C19H21NO3/c1-2-12-6-7-16-15(10-12)18-19(23-9-8-22-18)17(20-16)13-4-3-5-14(21)11-13/h3-7,10-11,17-21H,2,8-9H2,1H3/t17-,18+,19-/m1/s1. The first-order valence-electron chi connectivity index (χ1n) is 8.18. The molecular weight excluding hydrogens is 290 g/mol. The molecule has 0 spiro atoms. The van der Waals surface area contributed by atoms with E-state index in [0.29, 0.717) is 13.2 Å². The molecule has 2 aromatic rings. The first-order valence-corrected chi connectivity index (χ1v) is 8.18. The van der Waals surface area contributed by atoms with Gasteiger partial charge in [-0.15, -0.1) is 0 Å². The van der Waals surface area contributed by atoms with Crippen LogP contribution in [0.3, 0.4) is 0 Å². The van der Waals surface area contributed by atoms with Crippen LogP contribution in [0.4, 0.5) is 5.69 Å². The predicted octanol–water partition coefficient (Wildman–Crippen LogP) is 3.58. The summed E-state index contributed by atoms with van der Waals surface area (Å²) in [6, 6.07) is 13.8. The summed E-state index contributed by atoms with van der Waals surface area (Å²) in [6.45, 7) is 3.37. The Bertz CT molecular complexity index is 716. The van der Waals surface area contributed by atoms with Gasteiger partial charge in [0.15, 0.2) is 0 Å². The van der Waals surface area contributed by atoms with Crippen LogP contribution in [0.15, 0.2) is 42.5 Å². The van der Waals surface area contributed by atoms with Gasteiger partial charge in [-0.05, 0) is 35.7 Å². The van der Waals surface area contributed by atoms with E-state index in [9.17, 15) is 5.11 Å². The van der Waals surface area contributed by atoms with Crippen molar-refractivity contribution in [2.24, 2.45) is 0 Å². The van der Waals surface area contributed by atoms with Crippen LogP contribution in [-0.4, -0.2) is 24.4 Å². The Morgan fingerprint density at radius 2 is 2.00 bits per heavy atom. The molecule has 4 heteroatoms. The maximum atomic E-state index is 9.80. The molecule has 0 aliphatic carbocycles. The van der Waals surface area contributed by atoms with Gasteiger partial charge in [-0.2, -0.15) is 0 Å². The molecule has 1 fully saturated rings. The maximum absolute atomic E-state index is 9.80. The Morgan fingerprint density at radius 1 is 1.13 bits per heavy atom. The third-order valence-corrected chi connectivity index (χ3v) is 4.69. The predicted molar refractivity (Wildman–Crippen MR) is 88.7 cm³/mol. The second-order valence-corrected chi connectivity index (χ2v) is 6.12. The van der Waals surface area contributed by atoms with E-state index in [-0.39, 0.29) is 24.0 Å². The second kappa shape index (κ2) is 5.87. The van der Waals surface area contributed by atoms with Gasteiger partial charge in [-0.3, -0.25) is 0 Å². The SMILES string of the molecule is CCc1ccc2c(c1)[C@@H]1OCCO[C@@H]1[C@@H](c1cccc(O)c1)N2. The van der Waals surface area contributed by atoms with Crippen molar-refractivity contribution in [3.63, 3.8) is 0 Å². The van der Waals surface area contributed by atoms with Gasteiger partial charge in [-0.1, -0.05) is 31.2 Å². The minimum Gasteiger partial charge on any atom is -0.508 e. The molecule has 0 bridgehead atoms. The normalized spacial score (nSPS) is 26.0. The van der Waals surface area contributed by atoms with Gasteiger partial charge in [0.25, 0.3) is 0 Å². The zero-order valence-corrected chi connectivity index (χ0v) is 13.2. The molecule has 2 aliphatic rings. The Hall–Kier alpha value is -2.04. The number of nitrogens with one attached hydrogen (secondary N) is 1. The topological polar surface area (TPSA) is 50.7 Å². The molecule has 4 rings (SSSR count). The molecule has 3 atom stereocenters. The third kappa shape index (κ3) is 2.58. The van der Waals surface area contributed by atoms with E-state index >= 15 is 0 Å². The van der Waals surface area contributed by atoms with Crippen LogP contribution in [0, 0.1) is 0 Å². The number of ether oxygens (including phenoxy) is 2. The molecule has 2 aromatic carbocycles. The highest BCUT2D eigenvalue weighted by Gasteiger charge is 2.41. The molecule has 0 unspecified atom stereocenters. The summed E-state index contributed by atoms with van der Waals surface area (Å²) in [5, 5.41) is 13.4. The van der Waals surface area contributed by atoms with E-state index < -0.39 is 0 Å². The molecule has 0 radical (unpaired) electrons. The lowest BCUT2D eigenvalue weighted by molar-refractivity contribution is -0.151. The molecule has 4 nitrogen and oxygen atoms in total. The van der Waals surface area contributed by atoms with Crippen LogP contribution < -0.4 is 5.32 Å². The van der Waals surface area contributed by atoms with Crippen molar-refractivity contribution in [3.05, 3.63) is 59.2 Å². The third-order valence-electron chi connectivity index (χ3n) is 4.69. The quantitative estimate of drug-likeness (QED) is 0.890. The van der Waals surface area contributed by atoms with Crippen molar-refractivity contribution in [1.82, 2.24) is 0 Å². The molecule has 2 heterocycles. The van der Waals surface area contributed by atoms with E-state index in [4.69, 9.17) is 9.47 Å². The van der Waals surface area contributed by atoms with Crippen molar-refractivity contribution < 1.29 is 14.6 Å². The molecule has 2 N–H and O–H groups in total. The highest BCUT2D eigenvalue weighted by atomic mass is 16.6. The van der Waals surface area contributed by atoms with E-state index in [1.807, 2.05) is 12.1 Å². The van der Waals surface area contributed by atoms with Crippen LogP contribution in [0.1, 0.15) is 35.8 Å². The summed E-state index contributed by atoms with van der Waals surface area (Å²) in [6.07, 6.45) is 0.839. The molecular formula is C19H21NO3. The number of anilines is 1. The van der Waals surface area contributed by atoms with Gasteiger partial charge in [0.1, 0.15) is 18.0 Å². The lowest BCUT2D eigenvalue weighted by atomic mass is 9.86. The summed E-state index contributed by atoms with van der Waals surface area (Å²) >= 11 is 0. The number of aromatic hydroxyl groups is 1. The van der Waals surface area contributed by atoms with Gasteiger partial charge in [0.05, 0.1) is 19.3 Å². The molecule has 0 saturated carbocycles. The summed E-state index contributed by atoms with van der Waals surface area (Å²) in [4.78, 5) is 0. The largest absolute Gasteiger partial charge is 0.508 e. The minimum absolute atomic E-state index is 0.0348. The van der Waals surface area contributed by atoms with Gasteiger partial charge in [0, 0.05) is 11.3 Å². The molecule has 2 aliphatic heterocycles. The average Bonchev–Trinajstić information content (AvgIpc) is 2.60. The summed E-state index contributed by atoms with van der Waals surface area (Å²) in [5.41, 5.74) is 4.57. The Morgan fingerprint density at radius 3 is 2.83 bits per heavy atom. The average molecular weight is 311 g/mol. The smallest absolute Gasteiger partial charge is 0.115 e. The number of benzene rings is 2. The fourth-order valence-electron chi connectivity index (χ4n) is 3.52. The second-order valence-electron chi connectivity index (χ2n) is 6.12. The van der Waals surface area contributed by atoms with Crippen LogP contribution in [0.25, 0.3) is 0 Å². The molecule has 0 aromatic heterocycles.